The van der Waals surface area contributed by atoms with Gasteiger partial charge >= 0.3 is 6.09 Å². The minimum Gasteiger partial charge on any atom is -0.444 e. The summed E-state index contributed by atoms with van der Waals surface area (Å²) in [6.45, 7) is 20.5. The van der Waals surface area contributed by atoms with Gasteiger partial charge in [-0.25, -0.2) is 4.79 Å². The molecule has 2 unspecified atom stereocenters. The van der Waals surface area contributed by atoms with E-state index in [0.29, 0.717) is 5.92 Å². The summed E-state index contributed by atoms with van der Waals surface area (Å²) in [6.07, 6.45) is 5.04. The van der Waals surface area contributed by atoms with Gasteiger partial charge in [-0.1, -0.05) is 33.8 Å². The predicted octanol–water partition coefficient (Wildman–Crippen LogP) is 5.26. The van der Waals surface area contributed by atoms with E-state index in [1.807, 2.05) is 31.7 Å². The van der Waals surface area contributed by atoms with Crippen molar-refractivity contribution in [3.05, 3.63) is 12.7 Å². The zero-order valence-electron chi connectivity index (χ0n) is 15.7. The summed E-state index contributed by atoms with van der Waals surface area (Å²) in [7, 11) is 0. The Morgan fingerprint density at radius 3 is 2.27 bits per heavy atom. The molecule has 3 heteroatoms. The molecule has 1 amide bonds. The second-order valence-corrected chi connectivity index (χ2v) is 8.91. The van der Waals surface area contributed by atoms with Crippen LogP contribution in [0.1, 0.15) is 67.7 Å². The van der Waals surface area contributed by atoms with Crippen molar-refractivity contribution in [1.82, 2.24) is 4.90 Å². The van der Waals surface area contributed by atoms with Crippen LogP contribution in [0.4, 0.5) is 4.79 Å². The van der Waals surface area contributed by atoms with Gasteiger partial charge in [0, 0.05) is 13.1 Å². The van der Waals surface area contributed by atoms with E-state index in [1.165, 1.54) is 0 Å². The molecular formula is C19H35NO2. The molecule has 0 aromatic carbocycles. The summed E-state index contributed by atoms with van der Waals surface area (Å²) >= 11 is 0. The fraction of sp³-hybridized carbons (Fsp3) is 0.842. The molecular weight excluding hydrogens is 274 g/mol. The van der Waals surface area contributed by atoms with Crippen LogP contribution in [0.2, 0.25) is 0 Å². The molecule has 1 heterocycles. The second-order valence-electron chi connectivity index (χ2n) is 8.91. The molecule has 1 rings (SSSR count). The first-order chi connectivity index (χ1) is 9.90. The quantitative estimate of drug-likeness (QED) is 0.663. The topological polar surface area (TPSA) is 29.5 Å². The molecule has 0 aromatic heterocycles. The third-order valence-electron chi connectivity index (χ3n) is 5.32. The average molecular weight is 309 g/mol. The number of hydrogen-bond donors (Lipinski definition) is 0. The maximum absolute atomic E-state index is 12.3. The summed E-state index contributed by atoms with van der Waals surface area (Å²) in [5.74, 6) is 0.514. The maximum atomic E-state index is 12.3. The number of carbonyl (C=O) groups excluding carboxylic acids is 1. The number of carbonyl (C=O) groups is 1. The van der Waals surface area contributed by atoms with Gasteiger partial charge in [-0.15, -0.1) is 6.58 Å². The normalized spacial score (nSPS) is 22.3. The molecule has 2 atom stereocenters. The molecule has 0 saturated carbocycles. The SMILES string of the molecule is C=CCCC(C)(C1CCN(C(=O)OC(C)(C)C)C1)C(C)(C)C. The minimum absolute atomic E-state index is 0.171. The molecule has 1 aliphatic rings. The fourth-order valence-electron chi connectivity index (χ4n) is 3.37. The summed E-state index contributed by atoms with van der Waals surface area (Å²) in [6, 6.07) is 0. The number of rotatable bonds is 4. The highest BCUT2D eigenvalue weighted by Crippen LogP contribution is 2.51. The standard InChI is InChI=1S/C19H35NO2/c1-9-10-12-19(8,17(2,3)4)15-11-13-20(14-15)16(21)22-18(5,6)7/h9,15H,1,10-14H2,2-8H3. The smallest absolute Gasteiger partial charge is 0.410 e. The Morgan fingerprint density at radius 2 is 1.82 bits per heavy atom. The van der Waals surface area contributed by atoms with E-state index in [4.69, 9.17) is 4.74 Å². The summed E-state index contributed by atoms with van der Waals surface area (Å²) in [4.78, 5) is 14.2. The molecule has 1 saturated heterocycles. The molecule has 128 valence electrons. The van der Waals surface area contributed by atoms with Crippen molar-refractivity contribution in [2.45, 2.75) is 73.3 Å². The van der Waals surface area contributed by atoms with Crippen LogP contribution in [-0.4, -0.2) is 29.7 Å². The van der Waals surface area contributed by atoms with E-state index in [0.717, 1.165) is 32.4 Å². The monoisotopic (exact) mass is 309 g/mol. The van der Waals surface area contributed by atoms with Gasteiger partial charge in [0.1, 0.15) is 5.60 Å². The molecule has 22 heavy (non-hydrogen) atoms. The van der Waals surface area contributed by atoms with Gasteiger partial charge in [-0.05, 0) is 56.8 Å². The molecule has 0 aromatic rings. The van der Waals surface area contributed by atoms with Gasteiger partial charge in [-0.2, -0.15) is 0 Å². The Morgan fingerprint density at radius 1 is 1.23 bits per heavy atom. The first kappa shape index (κ1) is 19.1. The number of ether oxygens (including phenoxy) is 1. The first-order valence-corrected chi connectivity index (χ1v) is 8.49. The van der Waals surface area contributed by atoms with Crippen LogP contribution in [-0.2, 0) is 4.74 Å². The Labute approximate surface area is 137 Å². The van der Waals surface area contributed by atoms with Crippen molar-refractivity contribution < 1.29 is 9.53 Å². The Balaban J connectivity index is 2.81. The van der Waals surface area contributed by atoms with Crippen molar-refractivity contribution >= 4 is 6.09 Å². The van der Waals surface area contributed by atoms with Crippen LogP contribution < -0.4 is 0 Å². The van der Waals surface area contributed by atoms with E-state index < -0.39 is 5.60 Å². The Bertz CT molecular complexity index is 403. The van der Waals surface area contributed by atoms with Gasteiger partial charge in [0.05, 0.1) is 0 Å². The molecule has 3 nitrogen and oxygen atoms in total. The number of amides is 1. The van der Waals surface area contributed by atoms with Gasteiger partial charge in [-0.3, -0.25) is 0 Å². The van der Waals surface area contributed by atoms with Crippen molar-refractivity contribution in [3.63, 3.8) is 0 Å². The number of likely N-dealkylation sites (tertiary alicyclic amines) is 1. The summed E-state index contributed by atoms with van der Waals surface area (Å²) in [5, 5.41) is 0. The van der Waals surface area contributed by atoms with Crippen LogP contribution in [0.3, 0.4) is 0 Å². The second kappa shape index (κ2) is 6.64. The lowest BCUT2D eigenvalue weighted by atomic mass is 9.58. The van der Waals surface area contributed by atoms with Gasteiger partial charge in [0.2, 0.25) is 0 Å². The number of hydrogen-bond acceptors (Lipinski definition) is 2. The fourth-order valence-corrected chi connectivity index (χ4v) is 3.37. The van der Waals surface area contributed by atoms with Crippen molar-refractivity contribution in [1.29, 1.82) is 0 Å². The first-order valence-electron chi connectivity index (χ1n) is 8.49. The van der Waals surface area contributed by atoms with Crippen LogP contribution >= 0.6 is 0 Å². The highest BCUT2D eigenvalue weighted by atomic mass is 16.6. The van der Waals surface area contributed by atoms with Gasteiger partial charge in [0.15, 0.2) is 0 Å². The highest BCUT2D eigenvalue weighted by Gasteiger charge is 2.46. The van der Waals surface area contributed by atoms with Crippen LogP contribution in [0.5, 0.6) is 0 Å². The van der Waals surface area contributed by atoms with Crippen molar-refractivity contribution in [2.75, 3.05) is 13.1 Å². The van der Waals surface area contributed by atoms with E-state index in [2.05, 4.69) is 34.3 Å². The zero-order valence-corrected chi connectivity index (χ0v) is 15.7. The van der Waals surface area contributed by atoms with E-state index >= 15 is 0 Å². The molecule has 0 N–H and O–H groups in total. The van der Waals surface area contributed by atoms with E-state index in [9.17, 15) is 4.79 Å². The molecule has 0 radical (unpaired) electrons. The predicted molar refractivity (Wildman–Crippen MR) is 92.9 cm³/mol. The minimum atomic E-state index is -0.425. The highest BCUT2D eigenvalue weighted by molar-refractivity contribution is 5.68. The molecule has 0 spiro atoms. The molecule has 0 bridgehead atoms. The number of allylic oxidation sites excluding steroid dienone is 1. The third kappa shape index (κ3) is 4.50. The largest absolute Gasteiger partial charge is 0.444 e. The van der Waals surface area contributed by atoms with Crippen LogP contribution in [0, 0.1) is 16.7 Å². The summed E-state index contributed by atoms with van der Waals surface area (Å²) in [5.41, 5.74) is -0.0338. The van der Waals surface area contributed by atoms with Gasteiger partial charge in [0.25, 0.3) is 0 Å². The van der Waals surface area contributed by atoms with Crippen LogP contribution in [0.15, 0.2) is 12.7 Å². The van der Waals surface area contributed by atoms with Gasteiger partial charge < -0.3 is 9.64 Å². The molecule has 1 fully saturated rings. The third-order valence-corrected chi connectivity index (χ3v) is 5.32. The van der Waals surface area contributed by atoms with Crippen molar-refractivity contribution in [3.8, 4) is 0 Å². The average Bonchev–Trinajstić information content (AvgIpc) is 2.82. The van der Waals surface area contributed by atoms with Crippen molar-refractivity contribution in [2.24, 2.45) is 16.7 Å². The maximum Gasteiger partial charge on any atom is 0.410 e. The summed E-state index contributed by atoms with van der Waals surface area (Å²) < 4.78 is 5.52. The lowest BCUT2D eigenvalue weighted by Gasteiger charge is -2.47. The van der Waals surface area contributed by atoms with E-state index in [-0.39, 0.29) is 16.9 Å². The molecule has 1 aliphatic heterocycles. The lowest BCUT2D eigenvalue weighted by molar-refractivity contribution is 0.0142. The Kier molecular flexibility index (Phi) is 5.75. The number of nitrogens with zero attached hydrogens (tertiary/aromatic N) is 1. The van der Waals surface area contributed by atoms with Crippen LogP contribution in [0.25, 0.3) is 0 Å². The molecule has 0 aliphatic carbocycles. The zero-order chi connectivity index (χ0) is 17.2. The Hall–Kier alpha value is -0.990. The van der Waals surface area contributed by atoms with E-state index in [1.54, 1.807) is 0 Å². The lowest BCUT2D eigenvalue weighted by Crippen LogP contribution is -2.42.